The normalized spacial score (nSPS) is 25.3. The maximum atomic E-state index is 11.8. The van der Waals surface area contributed by atoms with E-state index in [9.17, 15) is 9.59 Å². The van der Waals surface area contributed by atoms with E-state index in [0.717, 1.165) is 5.69 Å². The molecule has 0 saturated heterocycles. The second-order valence-corrected chi connectivity index (χ2v) is 5.53. The number of carbonyl (C=O) groups excluding carboxylic acids is 1. The Morgan fingerprint density at radius 1 is 1.53 bits per heavy atom. The van der Waals surface area contributed by atoms with Gasteiger partial charge in [0.25, 0.3) is 0 Å². The molecule has 0 unspecified atom stereocenters. The van der Waals surface area contributed by atoms with E-state index in [1.807, 2.05) is 5.38 Å². The largest absolute Gasteiger partial charge is 0.481 e. The molecule has 1 aliphatic rings. The van der Waals surface area contributed by atoms with E-state index in [2.05, 4.69) is 10.3 Å². The molecular weight excluding hydrogens is 240 g/mol. The predicted molar refractivity (Wildman–Crippen MR) is 62.4 cm³/mol. The molecule has 6 heteroatoms. The third-order valence-corrected chi connectivity index (χ3v) is 3.94. The van der Waals surface area contributed by atoms with Crippen molar-refractivity contribution in [1.82, 2.24) is 10.3 Å². The lowest BCUT2D eigenvalue weighted by Gasteiger charge is -2.03. The van der Waals surface area contributed by atoms with Gasteiger partial charge in [-0.2, -0.15) is 0 Å². The fourth-order valence-electron chi connectivity index (χ4n) is 2.20. The van der Waals surface area contributed by atoms with Gasteiger partial charge in [0.15, 0.2) is 0 Å². The summed E-state index contributed by atoms with van der Waals surface area (Å²) >= 11 is 1.46. The lowest BCUT2D eigenvalue weighted by molar-refractivity contribution is -0.140. The standard InChI is InChI=1S/C11H14N2O3S/c1-11(2)7(8(11)10(15)16)9(14)12-3-6-4-17-5-13-6/h4-5,7-8H,3H2,1-2H3,(H,12,14)(H,15,16)/t7-,8+/m1/s1. The minimum absolute atomic E-state index is 0.199. The number of thiazole rings is 1. The van der Waals surface area contributed by atoms with Crippen LogP contribution in [0.2, 0.25) is 0 Å². The molecule has 1 saturated carbocycles. The third kappa shape index (κ3) is 2.17. The number of carboxylic acids is 1. The molecule has 0 aliphatic heterocycles. The predicted octanol–water partition coefficient (Wildman–Crippen LogP) is 1.12. The fraction of sp³-hybridized carbons (Fsp3) is 0.545. The topological polar surface area (TPSA) is 79.3 Å². The zero-order chi connectivity index (χ0) is 12.6. The number of amides is 1. The van der Waals surface area contributed by atoms with Gasteiger partial charge in [0.05, 0.1) is 29.6 Å². The van der Waals surface area contributed by atoms with Crippen LogP contribution in [0.15, 0.2) is 10.9 Å². The first-order valence-electron chi connectivity index (χ1n) is 5.32. The Labute approximate surface area is 103 Å². The summed E-state index contributed by atoms with van der Waals surface area (Å²) in [7, 11) is 0. The Balaban J connectivity index is 1.92. The second kappa shape index (κ2) is 4.10. The van der Waals surface area contributed by atoms with Crippen molar-refractivity contribution in [3.63, 3.8) is 0 Å². The number of carboxylic acid groups (broad SMARTS) is 1. The molecule has 1 heterocycles. The molecule has 2 atom stereocenters. The van der Waals surface area contributed by atoms with Crippen LogP contribution in [0.5, 0.6) is 0 Å². The number of aliphatic carboxylic acids is 1. The van der Waals surface area contributed by atoms with E-state index in [0.29, 0.717) is 6.54 Å². The Morgan fingerprint density at radius 2 is 2.24 bits per heavy atom. The number of rotatable bonds is 4. The SMILES string of the molecule is CC1(C)[C@H](C(=O)O)[C@@H]1C(=O)NCc1cscn1. The molecule has 2 rings (SSSR count). The van der Waals surface area contributed by atoms with Gasteiger partial charge in [-0.05, 0) is 5.41 Å². The smallest absolute Gasteiger partial charge is 0.307 e. The van der Waals surface area contributed by atoms with Gasteiger partial charge in [0.1, 0.15) is 0 Å². The van der Waals surface area contributed by atoms with E-state index in [4.69, 9.17) is 5.11 Å². The fourth-order valence-corrected chi connectivity index (χ4v) is 2.76. The third-order valence-electron chi connectivity index (χ3n) is 3.30. The van der Waals surface area contributed by atoms with E-state index in [1.54, 1.807) is 19.4 Å². The summed E-state index contributed by atoms with van der Waals surface area (Å²) in [5, 5.41) is 13.6. The number of hydrogen-bond donors (Lipinski definition) is 2. The van der Waals surface area contributed by atoms with Crippen LogP contribution in [-0.4, -0.2) is 22.0 Å². The number of nitrogens with one attached hydrogen (secondary N) is 1. The van der Waals surface area contributed by atoms with Crippen LogP contribution < -0.4 is 5.32 Å². The summed E-state index contributed by atoms with van der Waals surface area (Å²) in [5.74, 6) is -2.10. The number of hydrogen-bond acceptors (Lipinski definition) is 4. The quantitative estimate of drug-likeness (QED) is 0.843. The highest BCUT2D eigenvalue weighted by molar-refractivity contribution is 7.07. The van der Waals surface area contributed by atoms with Crippen molar-refractivity contribution in [1.29, 1.82) is 0 Å². The summed E-state index contributed by atoms with van der Waals surface area (Å²) in [6.45, 7) is 3.97. The summed E-state index contributed by atoms with van der Waals surface area (Å²) < 4.78 is 0. The number of nitrogens with zero attached hydrogens (tertiary/aromatic N) is 1. The average molecular weight is 254 g/mol. The van der Waals surface area contributed by atoms with Crippen molar-refractivity contribution in [3.05, 3.63) is 16.6 Å². The molecule has 1 aromatic rings. The molecule has 0 radical (unpaired) electrons. The molecule has 17 heavy (non-hydrogen) atoms. The minimum atomic E-state index is -0.899. The van der Waals surface area contributed by atoms with Gasteiger partial charge in [-0.15, -0.1) is 11.3 Å². The molecule has 92 valence electrons. The summed E-state index contributed by atoms with van der Waals surface area (Å²) in [6.07, 6.45) is 0. The highest BCUT2D eigenvalue weighted by Crippen LogP contribution is 2.58. The Kier molecular flexibility index (Phi) is 2.91. The lowest BCUT2D eigenvalue weighted by Crippen LogP contribution is -2.26. The molecule has 0 spiro atoms. The van der Waals surface area contributed by atoms with Crippen molar-refractivity contribution in [2.75, 3.05) is 0 Å². The molecular formula is C11H14N2O3S. The van der Waals surface area contributed by atoms with Crippen molar-refractivity contribution >= 4 is 23.2 Å². The van der Waals surface area contributed by atoms with E-state index < -0.39 is 23.2 Å². The van der Waals surface area contributed by atoms with Crippen LogP contribution >= 0.6 is 11.3 Å². The molecule has 1 aliphatic carbocycles. The van der Waals surface area contributed by atoms with Crippen molar-refractivity contribution in [3.8, 4) is 0 Å². The minimum Gasteiger partial charge on any atom is -0.481 e. The zero-order valence-corrected chi connectivity index (χ0v) is 10.5. The van der Waals surface area contributed by atoms with Gasteiger partial charge in [-0.3, -0.25) is 9.59 Å². The second-order valence-electron chi connectivity index (χ2n) is 4.81. The first-order chi connectivity index (χ1) is 7.94. The van der Waals surface area contributed by atoms with Crippen molar-refractivity contribution in [2.24, 2.45) is 17.3 Å². The average Bonchev–Trinajstić information content (AvgIpc) is 2.65. The van der Waals surface area contributed by atoms with Gasteiger partial charge in [0, 0.05) is 5.38 Å². The monoisotopic (exact) mass is 254 g/mol. The van der Waals surface area contributed by atoms with Gasteiger partial charge in [-0.1, -0.05) is 13.8 Å². The Morgan fingerprint density at radius 3 is 2.71 bits per heavy atom. The molecule has 5 nitrogen and oxygen atoms in total. The van der Waals surface area contributed by atoms with Gasteiger partial charge < -0.3 is 10.4 Å². The summed E-state index contributed by atoms with van der Waals surface area (Å²) in [6, 6.07) is 0. The molecule has 1 aromatic heterocycles. The van der Waals surface area contributed by atoms with Crippen LogP contribution in [0, 0.1) is 17.3 Å². The van der Waals surface area contributed by atoms with Gasteiger partial charge in [-0.25, -0.2) is 4.98 Å². The van der Waals surface area contributed by atoms with E-state index in [1.165, 1.54) is 11.3 Å². The van der Waals surface area contributed by atoms with Crippen LogP contribution in [-0.2, 0) is 16.1 Å². The summed E-state index contributed by atoms with van der Waals surface area (Å²) in [4.78, 5) is 26.8. The van der Waals surface area contributed by atoms with Crippen LogP contribution in [0.1, 0.15) is 19.5 Å². The molecule has 0 bridgehead atoms. The van der Waals surface area contributed by atoms with Crippen molar-refractivity contribution in [2.45, 2.75) is 20.4 Å². The highest BCUT2D eigenvalue weighted by atomic mass is 32.1. The molecule has 0 aromatic carbocycles. The Bertz CT molecular complexity index is 442. The van der Waals surface area contributed by atoms with Gasteiger partial charge in [0.2, 0.25) is 5.91 Å². The Hall–Kier alpha value is -1.43. The van der Waals surface area contributed by atoms with E-state index >= 15 is 0 Å². The number of aromatic nitrogens is 1. The highest BCUT2D eigenvalue weighted by Gasteiger charge is 2.65. The molecule has 1 fully saturated rings. The van der Waals surface area contributed by atoms with Crippen LogP contribution in [0.4, 0.5) is 0 Å². The maximum absolute atomic E-state index is 11.8. The molecule has 1 amide bonds. The van der Waals surface area contributed by atoms with Gasteiger partial charge >= 0.3 is 5.97 Å². The maximum Gasteiger partial charge on any atom is 0.307 e. The zero-order valence-electron chi connectivity index (χ0n) is 9.64. The lowest BCUT2D eigenvalue weighted by atomic mass is 10.1. The van der Waals surface area contributed by atoms with Crippen molar-refractivity contribution < 1.29 is 14.7 Å². The first kappa shape index (κ1) is 12.0. The molecule has 2 N–H and O–H groups in total. The number of carbonyl (C=O) groups is 2. The van der Waals surface area contributed by atoms with Crippen LogP contribution in [0.3, 0.4) is 0 Å². The van der Waals surface area contributed by atoms with Crippen LogP contribution in [0.25, 0.3) is 0 Å². The van der Waals surface area contributed by atoms with E-state index in [-0.39, 0.29) is 5.91 Å². The first-order valence-corrected chi connectivity index (χ1v) is 6.26. The summed E-state index contributed by atoms with van der Waals surface area (Å²) in [5.41, 5.74) is 2.05.